The Kier molecular flexibility index (Phi) is 5.29. The summed E-state index contributed by atoms with van der Waals surface area (Å²) in [6.07, 6.45) is 1.91. The zero-order valence-electron chi connectivity index (χ0n) is 9.73. The monoisotopic (exact) mass is 300 g/mol. The average Bonchev–Trinajstić information content (AvgIpc) is 2.89. The molecule has 0 aliphatic carbocycles. The van der Waals surface area contributed by atoms with Gasteiger partial charge in [0.05, 0.1) is 19.8 Å². The quantitative estimate of drug-likeness (QED) is 0.596. The summed E-state index contributed by atoms with van der Waals surface area (Å²) in [5, 5.41) is 1.02. The summed E-state index contributed by atoms with van der Waals surface area (Å²) in [7, 11) is 0. The predicted octanol–water partition coefficient (Wildman–Crippen LogP) is 3.29. The van der Waals surface area contributed by atoms with E-state index in [-0.39, 0.29) is 6.29 Å². The lowest BCUT2D eigenvalue weighted by molar-refractivity contribution is -0.0457. The molecule has 2 rings (SSSR count). The van der Waals surface area contributed by atoms with Crippen LogP contribution in [0.15, 0.2) is 24.3 Å². The Labute approximate surface area is 110 Å². The first-order valence-corrected chi connectivity index (χ1v) is 7.05. The van der Waals surface area contributed by atoms with Crippen LogP contribution in [0.3, 0.4) is 0 Å². The third-order valence-electron chi connectivity index (χ3n) is 2.58. The largest absolute Gasteiger partial charge is 0.493 e. The third-order valence-corrected chi connectivity index (χ3v) is 3.14. The fraction of sp³-hybridized carbons (Fsp3) is 0.538. The van der Waals surface area contributed by atoms with E-state index in [9.17, 15) is 0 Å². The van der Waals surface area contributed by atoms with E-state index in [1.54, 1.807) is 0 Å². The van der Waals surface area contributed by atoms with Crippen LogP contribution in [-0.4, -0.2) is 25.2 Å². The lowest BCUT2D eigenvalue weighted by Gasteiger charge is -2.15. The molecule has 3 nitrogen and oxygen atoms in total. The lowest BCUT2D eigenvalue weighted by Crippen LogP contribution is -2.04. The average molecular weight is 301 g/mol. The molecule has 0 aromatic heterocycles. The zero-order valence-corrected chi connectivity index (χ0v) is 11.3. The van der Waals surface area contributed by atoms with Crippen LogP contribution in [0.1, 0.15) is 24.7 Å². The second-order valence-electron chi connectivity index (χ2n) is 3.86. The summed E-state index contributed by atoms with van der Waals surface area (Å²) < 4.78 is 16.8. The minimum Gasteiger partial charge on any atom is -0.493 e. The van der Waals surface area contributed by atoms with Crippen LogP contribution in [0.5, 0.6) is 5.75 Å². The van der Waals surface area contributed by atoms with Crippen molar-refractivity contribution in [3.05, 3.63) is 29.8 Å². The van der Waals surface area contributed by atoms with Gasteiger partial charge in [0, 0.05) is 10.9 Å². The lowest BCUT2D eigenvalue weighted by atomic mass is 10.2. The van der Waals surface area contributed by atoms with E-state index in [0.717, 1.165) is 36.1 Å². The molecule has 17 heavy (non-hydrogen) atoms. The Bertz CT molecular complexity index is 337. The summed E-state index contributed by atoms with van der Waals surface area (Å²) in [5.41, 5.74) is 0.990. The van der Waals surface area contributed by atoms with Gasteiger partial charge in [-0.3, -0.25) is 0 Å². The minimum absolute atomic E-state index is 0.262. The van der Waals surface area contributed by atoms with Crippen molar-refractivity contribution in [2.24, 2.45) is 0 Å². The first kappa shape index (κ1) is 12.9. The molecule has 94 valence electrons. The number of hydrogen-bond acceptors (Lipinski definition) is 3. The highest BCUT2D eigenvalue weighted by Gasteiger charge is 2.21. The first-order valence-electron chi connectivity index (χ1n) is 5.92. The number of para-hydroxylation sites is 1. The molecule has 0 spiro atoms. The smallest absolute Gasteiger partial charge is 0.187 e. The number of unbranched alkanes of at least 4 members (excludes halogenated alkanes) is 1. The molecule has 0 N–H and O–H groups in total. The maximum atomic E-state index is 5.77. The highest BCUT2D eigenvalue weighted by atomic mass is 79.9. The second kappa shape index (κ2) is 6.99. The van der Waals surface area contributed by atoms with Crippen LogP contribution >= 0.6 is 15.9 Å². The normalized spacial score (nSPS) is 16.3. The van der Waals surface area contributed by atoms with Crippen LogP contribution < -0.4 is 4.74 Å². The maximum Gasteiger partial charge on any atom is 0.187 e. The van der Waals surface area contributed by atoms with Crippen molar-refractivity contribution in [3.63, 3.8) is 0 Å². The summed E-state index contributed by atoms with van der Waals surface area (Å²) in [4.78, 5) is 0. The van der Waals surface area contributed by atoms with Crippen molar-refractivity contribution < 1.29 is 14.2 Å². The zero-order chi connectivity index (χ0) is 11.9. The van der Waals surface area contributed by atoms with E-state index in [2.05, 4.69) is 15.9 Å². The molecule has 0 radical (unpaired) electrons. The Morgan fingerprint density at radius 2 is 1.94 bits per heavy atom. The van der Waals surface area contributed by atoms with Crippen molar-refractivity contribution in [2.45, 2.75) is 19.1 Å². The number of alkyl halides is 1. The molecule has 1 aromatic carbocycles. The molecule has 1 heterocycles. The van der Waals surface area contributed by atoms with Crippen molar-refractivity contribution in [1.29, 1.82) is 0 Å². The van der Waals surface area contributed by atoms with E-state index >= 15 is 0 Å². The summed E-state index contributed by atoms with van der Waals surface area (Å²) in [6, 6.07) is 7.91. The number of ether oxygens (including phenoxy) is 3. The van der Waals surface area contributed by atoms with Crippen LogP contribution in [0.25, 0.3) is 0 Å². The maximum absolute atomic E-state index is 5.77. The molecule has 1 aliphatic heterocycles. The summed E-state index contributed by atoms with van der Waals surface area (Å²) in [5.74, 6) is 0.869. The van der Waals surface area contributed by atoms with E-state index in [1.165, 1.54) is 0 Å². The minimum atomic E-state index is -0.262. The van der Waals surface area contributed by atoms with Gasteiger partial charge in [-0.25, -0.2) is 0 Å². The summed E-state index contributed by atoms with van der Waals surface area (Å²) in [6.45, 7) is 2.04. The van der Waals surface area contributed by atoms with Gasteiger partial charge in [-0.2, -0.15) is 0 Å². The molecule has 4 heteroatoms. The van der Waals surface area contributed by atoms with Crippen molar-refractivity contribution in [3.8, 4) is 5.75 Å². The van der Waals surface area contributed by atoms with Gasteiger partial charge in [-0.15, -0.1) is 0 Å². The predicted molar refractivity (Wildman–Crippen MR) is 69.6 cm³/mol. The van der Waals surface area contributed by atoms with Gasteiger partial charge >= 0.3 is 0 Å². The second-order valence-corrected chi connectivity index (χ2v) is 4.65. The van der Waals surface area contributed by atoms with E-state index in [1.807, 2.05) is 24.3 Å². The number of hydrogen-bond donors (Lipinski definition) is 0. The molecular formula is C13H17BrO3. The Hall–Kier alpha value is -0.580. The Balaban J connectivity index is 1.95. The molecule has 1 aromatic rings. The fourth-order valence-corrected chi connectivity index (χ4v) is 2.12. The van der Waals surface area contributed by atoms with E-state index < -0.39 is 0 Å². The standard InChI is InChI=1S/C13H17BrO3/c14-7-3-4-8-15-12-6-2-1-5-11(12)13-16-9-10-17-13/h1-2,5-6,13H,3-4,7-10H2. The van der Waals surface area contributed by atoms with Crippen molar-refractivity contribution in [1.82, 2.24) is 0 Å². The van der Waals surface area contributed by atoms with Crippen molar-refractivity contribution >= 4 is 15.9 Å². The third kappa shape index (κ3) is 3.69. The molecule has 1 saturated heterocycles. The topological polar surface area (TPSA) is 27.7 Å². The van der Waals surface area contributed by atoms with Gasteiger partial charge in [0.1, 0.15) is 5.75 Å². The van der Waals surface area contributed by atoms with Gasteiger partial charge in [-0.1, -0.05) is 34.1 Å². The van der Waals surface area contributed by atoms with Crippen LogP contribution in [0.4, 0.5) is 0 Å². The molecule has 0 bridgehead atoms. The van der Waals surface area contributed by atoms with E-state index in [0.29, 0.717) is 13.2 Å². The van der Waals surface area contributed by atoms with E-state index in [4.69, 9.17) is 14.2 Å². The first-order chi connectivity index (χ1) is 8.42. The molecule has 1 fully saturated rings. The van der Waals surface area contributed by atoms with Gasteiger partial charge in [0.15, 0.2) is 6.29 Å². The van der Waals surface area contributed by atoms with Crippen LogP contribution in [-0.2, 0) is 9.47 Å². The molecule has 0 amide bonds. The number of rotatable bonds is 6. The fourth-order valence-electron chi connectivity index (χ4n) is 1.72. The number of halogens is 1. The molecule has 0 unspecified atom stereocenters. The Morgan fingerprint density at radius 3 is 2.71 bits per heavy atom. The van der Waals surface area contributed by atoms with Gasteiger partial charge in [-0.05, 0) is 18.9 Å². The highest BCUT2D eigenvalue weighted by molar-refractivity contribution is 9.09. The van der Waals surface area contributed by atoms with Crippen molar-refractivity contribution in [2.75, 3.05) is 25.2 Å². The molecule has 1 aliphatic rings. The van der Waals surface area contributed by atoms with Gasteiger partial charge < -0.3 is 14.2 Å². The SMILES string of the molecule is BrCCCCOc1ccccc1C1OCCO1. The van der Waals surface area contributed by atoms with Gasteiger partial charge in [0.2, 0.25) is 0 Å². The van der Waals surface area contributed by atoms with Crippen LogP contribution in [0.2, 0.25) is 0 Å². The highest BCUT2D eigenvalue weighted by Crippen LogP contribution is 2.31. The molecular weight excluding hydrogens is 284 g/mol. The summed E-state index contributed by atoms with van der Waals surface area (Å²) >= 11 is 3.41. The van der Waals surface area contributed by atoms with Crippen LogP contribution in [0, 0.1) is 0 Å². The number of benzene rings is 1. The molecule has 0 saturated carbocycles. The van der Waals surface area contributed by atoms with Gasteiger partial charge in [0.25, 0.3) is 0 Å². The Morgan fingerprint density at radius 1 is 1.18 bits per heavy atom. The molecule has 0 atom stereocenters.